The number of hydrogen-bond donors (Lipinski definition) is 1. The average molecular weight is 713 g/mol. The summed E-state index contributed by atoms with van der Waals surface area (Å²) >= 11 is 9.17. The molecule has 4 aromatic rings. The second-order valence-corrected chi connectivity index (χ2v) is 12.0. The van der Waals surface area contributed by atoms with E-state index in [1.807, 2.05) is 68.4 Å². The molecule has 0 bridgehead atoms. The maximum Gasteiger partial charge on any atom is 0.293 e. The molecule has 1 aliphatic rings. The Morgan fingerprint density at radius 2 is 1.83 bits per heavy atom. The Bertz CT molecular complexity index is 1740. The van der Waals surface area contributed by atoms with Crippen molar-refractivity contribution in [2.45, 2.75) is 20.4 Å². The summed E-state index contributed by atoms with van der Waals surface area (Å²) < 4.78 is 12.4. The maximum absolute atomic E-state index is 13.3. The largest absolute Gasteiger partial charge is 0.490 e. The number of anilines is 1. The molecule has 4 aromatic carbocycles. The number of thioether (sulfide) groups is 1. The summed E-state index contributed by atoms with van der Waals surface area (Å²) in [5, 5.41) is 5.07. The Hall–Kier alpha value is -3.54. The minimum Gasteiger partial charge on any atom is -0.490 e. The summed E-state index contributed by atoms with van der Waals surface area (Å²) in [5.74, 6) is 0.142. The van der Waals surface area contributed by atoms with Crippen LogP contribution in [0, 0.1) is 10.5 Å². The molecule has 1 fully saturated rings. The molecule has 0 radical (unpaired) electrons. The van der Waals surface area contributed by atoms with Crippen LogP contribution in [0.1, 0.15) is 23.6 Å². The van der Waals surface area contributed by atoms with E-state index < -0.39 is 0 Å². The first-order valence-electron chi connectivity index (χ1n) is 13.1. The normalized spacial score (nSPS) is 14.1. The average Bonchev–Trinajstić information content (AvgIpc) is 3.22. The van der Waals surface area contributed by atoms with E-state index in [9.17, 15) is 14.4 Å². The van der Waals surface area contributed by atoms with Gasteiger partial charge in [-0.3, -0.25) is 19.3 Å². The third kappa shape index (κ3) is 6.74. The van der Waals surface area contributed by atoms with Crippen molar-refractivity contribution in [2.24, 2.45) is 0 Å². The third-order valence-corrected chi connectivity index (χ3v) is 8.63. The van der Waals surface area contributed by atoms with E-state index in [1.54, 1.807) is 24.3 Å². The summed E-state index contributed by atoms with van der Waals surface area (Å²) in [6.07, 6.45) is 1.68. The second kappa shape index (κ2) is 13.2. The first-order chi connectivity index (χ1) is 20.2. The Balaban J connectivity index is 1.32. The molecule has 0 spiro atoms. The van der Waals surface area contributed by atoms with Gasteiger partial charge < -0.3 is 14.8 Å². The predicted octanol–water partition coefficient (Wildman–Crippen LogP) is 8.06. The molecule has 214 valence electrons. The van der Waals surface area contributed by atoms with Gasteiger partial charge in [-0.1, -0.05) is 60.1 Å². The van der Waals surface area contributed by atoms with Gasteiger partial charge in [-0.2, -0.15) is 0 Å². The molecule has 0 aliphatic carbocycles. The number of halogens is 2. The molecule has 7 nitrogen and oxygen atoms in total. The number of carbonyl (C=O) groups is 3. The highest BCUT2D eigenvalue weighted by atomic mass is 127. The maximum atomic E-state index is 13.3. The van der Waals surface area contributed by atoms with Gasteiger partial charge in [0, 0.05) is 10.7 Å². The number of fused-ring (bicyclic) bond motifs is 1. The van der Waals surface area contributed by atoms with Crippen molar-refractivity contribution in [1.29, 1.82) is 0 Å². The van der Waals surface area contributed by atoms with Crippen molar-refractivity contribution in [3.63, 3.8) is 0 Å². The number of benzene rings is 4. The van der Waals surface area contributed by atoms with Crippen LogP contribution in [-0.4, -0.2) is 35.2 Å². The Morgan fingerprint density at radius 3 is 2.62 bits per heavy atom. The van der Waals surface area contributed by atoms with E-state index in [0.29, 0.717) is 42.9 Å². The lowest BCUT2D eigenvalue weighted by Crippen LogP contribution is -2.27. The molecule has 0 unspecified atom stereocenters. The molecule has 0 saturated carbocycles. The number of ether oxygens (including phenoxy) is 2. The highest BCUT2D eigenvalue weighted by molar-refractivity contribution is 14.1. The van der Waals surface area contributed by atoms with Gasteiger partial charge in [-0.25, -0.2) is 0 Å². The summed E-state index contributed by atoms with van der Waals surface area (Å²) in [4.78, 5) is 40.3. The van der Waals surface area contributed by atoms with Crippen LogP contribution < -0.4 is 14.8 Å². The van der Waals surface area contributed by atoms with Crippen LogP contribution >= 0.6 is 46.0 Å². The van der Waals surface area contributed by atoms with Gasteiger partial charge >= 0.3 is 0 Å². The first-order valence-corrected chi connectivity index (χ1v) is 15.4. The lowest BCUT2D eigenvalue weighted by Gasteiger charge is -2.15. The minimum atomic E-state index is -0.350. The lowest BCUT2D eigenvalue weighted by molar-refractivity contribution is -0.123. The van der Waals surface area contributed by atoms with Crippen LogP contribution in [0.15, 0.2) is 77.7 Å². The van der Waals surface area contributed by atoms with Crippen molar-refractivity contribution >= 4 is 85.5 Å². The van der Waals surface area contributed by atoms with E-state index in [4.69, 9.17) is 21.1 Å². The van der Waals surface area contributed by atoms with Crippen LogP contribution in [0.25, 0.3) is 16.8 Å². The molecule has 1 aliphatic heterocycles. The van der Waals surface area contributed by atoms with E-state index in [-0.39, 0.29) is 30.2 Å². The van der Waals surface area contributed by atoms with E-state index in [0.717, 1.165) is 33.7 Å². The Labute approximate surface area is 266 Å². The third-order valence-electron chi connectivity index (χ3n) is 6.51. The van der Waals surface area contributed by atoms with Crippen LogP contribution in [-0.2, 0) is 16.1 Å². The molecule has 42 heavy (non-hydrogen) atoms. The Morgan fingerprint density at radius 1 is 1.05 bits per heavy atom. The standard InChI is InChI=1S/C32H26ClIN2O5S/c1-3-40-27-14-20(13-26(34)30(27)41-18-29(37)35-23-12-11-19(2)25(33)16-23)15-28-31(38)36(32(39)42-28)17-22-9-6-8-21-7-4-5-10-24(21)22/h4-16H,3,17-18H2,1-2H3,(H,35,37)/b28-15-. The fourth-order valence-electron chi connectivity index (χ4n) is 4.47. The Kier molecular flexibility index (Phi) is 9.40. The minimum absolute atomic E-state index is 0.189. The van der Waals surface area contributed by atoms with Gasteiger partial charge in [0.25, 0.3) is 17.1 Å². The highest BCUT2D eigenvalue weighted by Gasteiger charge is 2.35. The SMILES string of the molecule is CCOc1cc(/C=C2\SC(=O)N(Cc3cccc4ccccc34)C2=O)cc(I)c1OCC(=O)Nc1ccc(C)c(Cl)c1. The van der Waals surface area contributed by atoms with Crippen molar-refractivity contribution in [3.05, 3.63) is 103 Å². The number of rotatable bonds is 9. The summed E-state index contributed by atoms with van der Waals surface area (Å²) in [5.41, 5.74) is 3.06. The van der Waals surface area contributed by atoms with Crippen molar-refractivity contribution in [1.82, 2.24) is 4.90 Å². The molecule has 1 N–H and O–H groups in total. The number of nitrogens with zero attached hydrogens (tertiary/aromatic N) is 1. The molecule has 0 aromatic heterocycles. The molecular weight excluding hydrogens is 687 g/mol. The summed E-state index contributed by atoms with van der Waals surface area (Å²) in [6.45, 7) is 4.04. The predicted molar refractivity (Wildman–Crippen MR) is 176 cm³/mol. The number of carbonyl (C=O) groups excluding carboxylic acids is 3. The fraction of sp³-hybridized carbons (Fsp3) is 0.156. The van der Waals surface area contributed by atoms with Gasteiger partial charge in [0.05, 0.1) is 21.6 Å². The van der Waals surface area contributed by atoms with Crippen LogP contribution in [0.3, 0.4) is 0 Å². The number of hydrogen-bond acceptors (Lipinski definition) is 6. The second-order valence-electron chi connectivity index (χ2n) is 9.47. The lowest BCUT2D eigenvalue weighted by atomic mass is 10.0. The molecule has 1 heterocycles. The smallest absolute Gasteiger partial charge is 0.293 e. The summed E-state index contributed by atoms with van der Waals surface area (Å²) in [7, 11) is 0. The molecule has 3 amide bonds. The van der Waals surface area contributed by atoms with Gasteiger partial charge in [0.15, 0.2) is 18.1 Å². The van der Waals surface area contributed by atoms with Crippen molar-refractivity contribution in [2.75, 3.05) is 18.5 Å². The zero-order valence-electron chi connectivity index (χ0n) is 22.8. The van der Waals surface area contributed by atoms with E-state index >= 15 is 0 Å². The molecule has 1 saturated heterocycles. The summed E-state index contributed by atoms with van der Waals surface area (Å²) in [6, 6.07) is 22.6. The molecule has 5 rings (SSSR count). The first kappa shape index (κ1) is 29.9. The molecule has 10 heteroatoms. The number of aryl methyl sites for hydroxylation is 1. The van der Waals surface area contributed by atoms with Gasteiger partial charge in [0.1, 0.15) is 0 Å². The molecule has 0 atom stereocenters. The van der Waals surface area contributed by atoms with Gasteiger partial charge in [-0.15, -0.1) is 0 Å². The zero-order chi connectivity index (χ0) is 29.8. The quantitative estimate of drug-likeness (QED) is 0.140. The van der Waals surface area contributed by atoms with Gasteiger partial charge in [-0.05, 0) is 106 Å². The van der Waals surface area contributed by atoms with Crippen LogP contribution in [0.4, 0.5) is 10.5 Å². The van der Waals surface area contributed by atoms with E-state index in [1.165, 1.54) is 4.90 Å². The monoisotopic (exact) mass is 712 g/mol. The fourth-order valence-corrected chi connectivity index (χ4v) is 6.27. The zero-order valence-corrected chi connectivity index (χ0v) is 26.5. The molecular formula is C32H26ClIN2O5S. The number of nitrogens with one attached hydrogen (secondary N) is 1. The van der Waals surface area contributed by atoms with E-state index in [2.05, 4.69) is 27.9 Å². The number of amides is 3. The van der Waals surface area contributed by atoms with Crippen LogP contribution in [0.5, 0.6) is 11.5 Å². The van der Waals surface area contributed by atoms with Gasteiger partial charge in [0.2, 0.25) is 0 Å². The van der Waals surface area contributed by atoms with Crippen molar-refractivity contribution < 1.29 is 23.9 Å². The number of imide groups is 1. The van der Waals surface area contributed by atoms with Crippen molar-refractivity contribution in [3.8, 4) is 11.5 Å². The highest BCUT2D eigenvalue weighted by Crippen LogP contribution is 2.38. The topological polar surface area (TPSA) is 84.9 Å². The van der Waals surface area contributed by atoms with Crippen LogP contribution in [0.2, 0.25) is 5.02 Å².